The summed E-state index contributed by atoms with van der Waals surface area (Å²) in [5, 5.41) is 2.57. The maximum atomic E-state index is 12.9. The van der Waals surface area contributed by atoms with Crippen LogP contribution in [-0.4, -0.2) is 72.2 Å². The number of anilines is 1. The van der Waals surface area contributed by atoms with E-state index in [2.05, 4.69) is 5.32 Å². The highest BCUT2D eigenvalue weighted by Gasteiger charge is 2.37. The lowest BCUT2D eigenvalue weighted by Gasteiger charge is -2.28. The molecule has 2 aromatic carbocycles. The summed E-state index contributed by atoms with van der Waals surface area (Å²) in [6, 6.07) is 13.7. The van der Waals surface area contributed by atoms with Crippen LogP contribution in [0.3, 0.4) is 0 Å². The second-order valence-corrected chi connectivity index (χ2v) is 9.02. The average Bonchev–Trinajstić information content (AvgIpc) is 3.12. The van der Waals surface area contributed by atoms with E-state index in [1.165, 1.54) is 6.08 Å². The fourth-order valence-corrected chi connectivity index (χ4v) is 4.46. The molecule has 2 fully saturated rings. The molecule has 0 saturated carbocycles. The smallest absolute Gasteiger partial charge is 0.294 e. The monoisotopic (exact) mass is 515 g/mol. The molecule has 0 aliphatic carbocycles. The average molecular weight is 516 g/mol. The van der Waals surface area contributed by atoms with Gasteiger partial charge in [0.1, 0.15) is 12.3 Å². The van der Waals surface area contributed by atoms with Crippen molar-refractivity contribution in [3.63, 3.8) is 0 Å². The van der Waals surface area contributed by atoms with Gasteiger partial charge in [-0.05, 0) is 36.0 Å². The Morgan fingerprint density at radius 1 is 1.09 bits per heavy atom. The van der Waals surface area contributed by atoms with Gasteiger partial charge in [-0.1, -0.05) is 41.9 Å². The first-order valence-corrected chi connectivity index (χ1v) is 12.0. The summed E-state index contributed by atoms with van der Waals surface area (Å²) in [5.74, 6) is -0.897. The first kappa shape index (κ1) is 24.8. The molecule has 2 heterocycles. The number of benzene rings is 2. The molecule has 0 atom stereocenters. The SMILES string of the molecule is O=C(COc1ccccc1/C=C1\SC(=O)N(CC(=O)N2CCOCC2)C1=O)Nc1ccccc1Cl. The van der Waals surface area contributed by atoms with Crippen LogP contribution < -0.4 is 10.1 Å². The van der Waals surface area contributed by atoms with Crippen molar-refractivity contribution in [1.29, 1.82) is 0 Å². The summed E-state index contributed by atoms with van der Waals surface area (Å²) in [6.07, 6.45) is 1.52. The van der Waals surface area contributed by atoms with Crippen LogP contribution in [0, 0.1) is 0 Å². The fourth-order valence-electron chi connectivity index (χ4n) is 3.45. The molecule has 182 valence electrons. The molecule has 0 unspecified atom stereocenters. The van der Waals surface area contributed by atoms with Crippen molar-refractivity contribution in [1.82, 2.24) is 9.80 Å². The Labute approximate surface area is 211 Å². The Hall–Kier alpha value is -3.34. The van der Waals surface area contributed by atoms with Gasteiger partial charge in [-0.15, -0.1) is 0 Å². The van der Waals surface area contributed by atoms with Gasteiger partial charge in [0.05, 0.1) is 28.8 Å². The van der Waals surface area contributed by atoms with Crippen molar-refractivity contribution in [2.75, 3.05) is 44.8 Å². The third kappa shape index (κ3) is 6.21. The highest BCUT2D eigenvalue weighted by atomic mass is 35.5. The number of hydrogen-bond acceptors (Lipinski definition) is 7. The Kier molecular flexibility index (Phi) is 8.06. The Balaban J connectivity index is 1.41. The van der Waals surface area contributed by atoms with Gasteiger partial charge in [-0.25, -0.2) is 0 Å². The first-order chi connectivity index (χ1) is 16.9. The van der Waals surface area contributed by atoms with Crippen LogP contribution in [0.4, 0.5) is 10.5 Å². The standard InChI is InChI=1S/C24H22ClN3O6S/c25-17-6-2-3-7-18(17)26-21(29)15-34-19-8-4-1-5-16(19)13-20-23(31)28(24(32)35-20)14-22(30)27-9-11-33-12-10-27/h1-8,13H,9-12,14-15H2,(H,26,29)/b20-13-. The van der Waals surface area contributed by atoms with Gasteiger partial charge in [0.25, 0.3) is 17.1 Å². The zero-order valence-corrected chi connectivity index (χ0v) is 20.1. The van der Waals surface area contributed by atoms with Crippen LogP contribution in [0.5, 0.6) is 5.75 Å². The van der Waals surface area contributed by atoms with Gasteiger partial charge < -0.3 is 19.7 Å². The number of morpholine rings is 1. The topological polar surface area (TPSA) is 105 Å². The largest absolute Gasteiger partial charge is 0.483 e. The van der Waals surface area contributed by atoms with Crippen LogP contribution in [0.2, 0.25) is 5.02 Å². The molecule has 4 rings (SSSR count). The van der Waals surface area contributed by atoms with Gasteiger partial charge in [0.15, 0.2) is 6.61 Å². The molecule has 1 N–H and O–H groups in total. The summed E-state index contributed by atoms with van der Waals surface area (Å²) in [6.45, 7) is 1.12. The first-order valence-electron chi connectivity index (χ1n) is 10.8. The second-order valence-electron chi connectivity index (χ2n) is 7.62. The summed E-state index contributed by atoms with van der Waals surface area (Å²) < 4.78 is 10.9. The van der Waals surface area contributed by atoms with Crippen LogP contribution in [0.1, 0.15) is 5.56 Å². The van der Waals surface area contributed by atoms with Gasteiger partial charge in [0, 0.05) is 18.7 Å². The minimum absolute atomic E-state index is 0.168. The maximum absolute atomic E-state index is 12.9. The van der Waals surface area contributed by atoms with Crippen molar-refractivity contribution in [2.45, 2.75) is 0 Å². The van der Waals surface area contributed by atoms with Gasteiger partial charge >= 0.3 is 0 Å². The lowest BCUT2D eigenvalue weighted by Crippen LogP contribution is -2.46. The quantitative estimate of drug-likeness (QED) is 0.564. The minimum Gasteiger partial charge on any atom is -0.483 e. The number of carbonyl (C=O) groups is 4. The van der Waals surface area contributed by atoms with E-state index in [4.69, 9.17) is 21.1 Å². The number of amides is 4. The number of ether oxygens (including phenoxy) is 2. The number of carbonyl (C=O) groups excluding carboxylic acids is 4. The normalized spacial score (nSPS) is 17.1. The van der Waals surface area contributed by atoms with E-state index >= 15 is 0 Å². The van der Waals surface area contributed by atoms with Crippen molar-refractivity contribution in [3.8, 4) is 5.75 Å². The zero-order valence-electron chi connectivity index (χ0n) is 18.6. The molecule has 0 bridgehead atoms. The number of imide groups is 1. The summed E-state index contributed by atoms with van der Waals surface area (Å²) in [5.41, 5.74) is 0.986. The van der Waals surface area contributed by atoms with Gasteiger partial charge in [-0.2, -0.15) is 0 Å². The number of hydrogen-bond donors (Lipinski definition) is 1. The molecule has 9 nitrogen and oxygen atoms in total. The molecular formula is C24H22ClN3O6S. The molecule has 0 spiro atoms. The van der Waals surface area contributed by atoms with Crippen molar-refractivity contribution >= 4 is 58.1 Å². The van der Waals surface area contributed by atoms with E-state index in [1.54, 1.807) is 53.4 Å². The molecule has 2 aliphatic heterocycles. The summed E-state index contributed by atoms with van der Waals surface area (Å²) in [7, 11) is 0. The van der Waals surface area contributed by atoms with Crippen molar-refractivity contribution < 1.29 is 28.7 Å². The van der Waals surface area contributed by atoms with Crippen LogP contribution in [0.25, 0.3) is 6.08 Å². The number of para-hydroxylation sites is 2. The molecule has 2 aromatic rings. The van der Waals surface area contributed by atoms with Crippen LogP contribution in [0.15, 0.2) is 53.4 Å². The third-order valence-electron chi connectivity index (χ3n) is 5.24. The molecule has 4 amide bonds. The lowest BCUT2D eigenvalue weighted by atomic mass is 10.2. The Morgan fingerprint density at radius 3 is 2.57 bits per heavy atom. The van der Waals surface area contributed by atoms with E-state index in [-0.39, 0.29) is 24.0 Å². The molecular weight excluding hydrogens is 494 g/mol. The number of halogens is 1. The Bertz CT molecular complexity index is 1180. The van der Waals surface area contributed by atoms with E-state index in [1.807, 2.05) is 0 Å². The predicted molar refractivity (Wildman–Crippen MR) is 132 cm³/mol. The van der Waals surface area contributed by atoms with E-state index in [0.29, 0.717) is 48.3 Å². The zero-order chi connectivity index (χ0) is 24.8. The minimum atomic E-state index is -0.548. The number of thioether (sulfide) groups is 1. The highest BCUT2D eigenvalue weighted by molar-refractivity contribution is 8.18. The van der Waals surface area contributed by atoms with Gasteiger partial charge in [-0.3, -0.25) is 24.1 Å². The van der Waals surface area contributed by atoms with Gasteiger partial charge in [0.2, 0.25) is 5.91 Å². The second kappa shape index (κ2) is 11.4. The maximum Gasteiger partial charge on any atom is 0.294 e. The number of nitrogens with zero attached hydrogens (tertiary/aromatic N) is 2. The molecule has 0 aromatic heterocycles. The number of rotatable bonds is 7. The van der Waals surface area contributed by atoms with E-state index < -0.39 is 17.1 Å². The highest BCUT2D eigenvalue weighted by Crippen LogP contribution is 2.34. The van der Waals surface area contributed by atoms with Crippen LogP contribution in [-0.2, 0) is 19.1 Å². The molecule has 2 aliphatic rings. The Morgan fingerprint density at radius 2 is 1.80 bits per heavy atom. The lowest BCUT2D eigenvalue weighted by molar-refractivity contribution is -0.139. The predicted octanol–water partition coefficient (Wildman–Crippen LogP) is 3.25. The molecule has 35 heavy (non-hydrogen) atoms. The van der Waals surface area contributed by atoms with Crippen LogP contribution >= 0.6 is 23.4 Å². The molecule has 2 saturated heterocycles. The fraction of sp³-hybridized carbons (Fsp3) is 0.250. The third-order valence-corrected chi connectivity index (χ3v) is 6.48. The van der Waals surface area contributed by atoms with Crippen molar-refractivity contribution in [2.24, 2.45) is 0 Å². The number of nitrogens with one attached hydrogen (secondary N) is 1. The summed E-state index contributed by atoms with van der Waals surface area (Å²) >= 11 is 6.82. The van der Waals surface area contributed by atoms with E-state index in [0.717, 1.165) is 16.7 Å². The molecule has 0 radical (unpaired) electrons. The van der Waals surface area contributed by atoms with Crippen molar-refractivity contribution in [3.05, 3.63) is 64.0 Å². The summed E-state index contributed by atoms with van der Waals surface area (Å²) in [4.78, 5) is 52.8. The molecule has 11 heteroatoms. The van der Waals surface area contributed by atoms with E-state index in [9.17, 15) is 19.2 Å².